The van der Waals surface area contributed by atoms with Crippen molar-refractivity contribution in [2.75, 3.05) is 0 Å². The molecule has 152 valence electrons. The zero-order valence-corrected chi connectivity index (χ0v) is 16.9. The van der Waals surface area contributed by atoms with Crippen molar-refractivity contribution in [3.05, 3.63) is 53.2 Å². The first-order valence-corrected chi connectivity index (χ1v) is 10.6. The number of rotatable bonds is 7. The van der Waals surface area contributed by atoms with Crippen molar-refractivity contribution in [2.45, 2.75) is 64.6 Å². The zero-order valence-electron chi connectivity index (χ0n) is 16.9. The van der Waals surface area contributed by atoms with Gasteiger partial charge in [0.25, 0.3) is 5.56 Å². The summed E-state index contributed by atoms with van der Waals surface area (Å²) < 4.78 is 3.44. The Kier molecular flexibility index (Phi) is 5.79. The van der Waals surface area contributed by atoms with Gasteiger partial charge >= 0.3 is 0 Å². The molecule has 3 aromatic rings. The molecule has 2 aromatic heterocycles. The summed E-state index contributed by atoms with van der Waals surface area (Å²) in [5, 5.41) is 3.12. The topological polar surface area (TPSA) is 68.9 Å². The van der Waals surface area contributed by atoms with Gasteiger partial charge in [-0.15, -0.1) is 0 Å². The first kappa shape index (κ1) is 19.4. The third-order valence-corrected chi connectivity index (χ3v) is 5.71. The van der Waals surface area contributed by atoms with Crippen LogP contribution in [0.3, 0.4) is 0 Å². The van der Waals surface area contributed by atoms with Crippen LogP contribution in [0, 0.1) is 0 Å². The summed E-state index contributed by atoms with van der Waals surface area (Å²) in [5.41, 5.74) is 2.95. The second kappa shape index (κ2) is 8.64. The van der Waals surface area contributed by atoms with Crippen LogP contribution in [0.5, 0.6) is 0 Å². The van der Waals surface area contributed by atoms with E-state index in [-0.39, 0.29) is 24.1 Å². The van der Waals surface area contributed by atoms with Crippen LogP contribution in [-0.2, 0) is 17.9 Å². The number of aromatic nitrogens is 3. The number of fused-ring (bicyclic) bond motifs is 1. The molecule has 0 aliphatic heterocycles. The number of amides is 1. The molecule has 0 atom stereocenters. The molecule has 6 nitrogen and oxygen atoms in total. The van der Waals surface area contributed by atoms with Crippen LogP contribution in [0.15, 0.2) is 47.7 Å². The van der Waals surface area contributed by atoms with E-state index in [2.05, 4.69) is 17.2 Å². The highest BCUT2D eigenvalue weighted by Crippen LogP contribution is 2.27. The van der Waals surface area contributed by atoms with Crippen molar-refractivity contribution < 1.29 is 4.79 Å². The highest BCUT2D eigenvalue weighted by atomic mass is 16.2. The molecule has 0 saturated heterocycles. The van der Waals surface area contributed by atoms with E-state index in [4.69, 9.17) is 0 Å². The Labute approximate surface area is 170 Å². The molecule has 0 spiro atoms. The monoisotopic (exact) mass is 392 g/mol. The Balaban J connectivity index is 1.74. The van der Waals surface area contributed by atoms with Crippen LogP contribution in [-0.4, -0.2) is 26.1 Å². The minimum atomic E-state index is -0.0840. The fourth-order valence-electron chi connectivity index (χ4n) is 4.16. The van der Waals surface area contributed by atoms with Crippen LogP contribution in [0.25, 0.3) is 22.2 Å². The average Bonchev–Trinajstić information content (AvgIpc) is 3.36. The minimum absolute atomic E-state index is 0.0447. The lowest BCUT2D eigenvalue weighted by Gasteiger charge is -2.13. The number of carbonyl (C=O) groups is 1. The van der Waals surface area contributed by atoms with E-state index in [1.807, 2.05) is 36.5 Å². The van der Waals surface area contributed by atoms with Crippen molar-refractivity contribution in [3.63, 3.8) is 0 Å². The van der Waals surface area contributed by atoms with Gasteiger partial charge in [-0.2, -0.15) is 0 Å². The van der Waals surface area contributed by atoms with E-state index in [1.165, 1.54) is 12.8 Å². The molecule has 1 fully saturated rings. The number of aryl methyl sites for hydroxylation is 1. The van der Waals surface area contributed by atoms with Crippen molar-refractivity contribution >= 4 is 16.9 Å². The predicted molar refractivity (Wildman–Crippen MR) is 115 cm³/mol. The molecule has 29 heavy (non-hydrogen) atoms. The van der Waals surface area contributed by atoms with Gasteiger partial charge in [0.15, 0.2) is 0 Å². The number of hydrogen-bond donors (Lipinski definition) is 1. The maximum atomic E-state index is 13.2. The van der Waals surface area contributed by atoms with Crippen LogP contribution < -0.4 is 10.9 Å². The standard InChI is InChI=1S/C23H28N4O2/c1-2-3-13-26-16-24-21-19(17-9-5-4-6-10-17)14-27(22(21)23(26)29)15-20(28)25-18-11-7-8-12-18/h4-6,9-10,14,16,18H,2-3,7-8,11-13,15H2,1H3,(H,25,28). The molecule has 2 heterocycles. The Morgan fingerprint density at radius 2 is 1.93 bits per heavy atom. The number of nitrogens with one attached hydrogen (secondary N) is 1. The Hall–Kier alpha value is -2.89. The maximum absolute atomic E-state index is 13.2. The predicted octanol–water partition coefficient (Wildman–Crippen LogP) is 3.72. The van der Waals surface area contributed by atoms with Gasteiger partial charge in [-0.05, 0) is 24.8 Å². The molecule has 1 aliphatic rings. The molecular weight excluding hydrogens is 364 g/mol. The van der Waals surface area contributed by atoms with Crippen LogP contribution in [0.4, 0.5) is 0 Å². The Morgan fingerprint density at radius 1 is 1.17 bits per heavy atom. The van der Waals surface area contributed by atoms with Gasteiger partial charge in [0.2, 0.25) is 5.91 Å². The average molecular weight is 393 g/mol. The summed E-state index contributed by atoms with van der Waals surface area (Å²) in [5.74, 6) is -0.0447. The Morgan fingerprint density at radius 3 is 2.66 bits per heavy atom. The number of benzene rings is 1. The molecule has 1 saturated carbocycles. The molecule has 0 radical (unpaired) electrons. The first-order chi connectivity index (χ1) is 14.2. The molecule has 1 aromatic carbocycles. The fourth-order valence-corrected chi connectivity index (χ4v) is 4.16. The van der Waals surface area contributed by atoms with Gasteiger partial charge in [0.05, 0.1) is 6.33 Å². The minimum Gasteiger partial charge on any atom is -0.352 e. The van der Waals surface area contributed by atoms with Gasteiger partial charge in [-0.1, -0.05) is 56.5 Å². The van der Waals surface area contributed by atoms with Crippen molar-refractivity contribution in [1.29, 1.82) is 0 Å². The summed E-state index contributed by atoms with van der Waals surface area (Å²) in [4.78, 5) is 30.5. The lowest BCUT2D eigenvalue weighted by Crippen LogP contribution is -2.35. The normalized spacial score (nSPS) is 14.5. The van der Waals surface area contributed by atoms with E-state index in [9.17, 15) is 9.59 Å². The van der Waals surface area contributed by atoms with Crippen molar-refractivity contribution in [3.8, 4) is 11.1 Å². The van der Waals surface area contributed by atoms with Gasteiger partial charge in [0, 0.05) is 24.3 Å². The fraction of sp³-hybridized carbons (Fsp3) is 0.435. The highest BCUT2D eigenvalue weighted by Gasteiger charge is 2.20. The Bertz CT molecular complexity index is 1050. The molecule has 4 rings (SSSR count). The van der Waals surface area contributed by atoms with Gasteiger partial charge < -0.3 is 9.88 Å². The highest BCUT2D eigenvalue weighted by molar-refractivity contribution is 5.93. The van der Waals surface area contributed by atoms with Gasteiger partial charge in [-0.3, -0.25) is 14.2 Å². The lowest BCUT2D eigenvalue weighted by molar-refractivity contribution is -0.122. The lowest BCUT2D eigenvalue weighted by atomic mass is 10.1. The number of carbonyl (C=O) groups excluding carboxylic acids is 1. The summed E-state index contributed by atoms with van der Waals surface area (Å²) in [6.07, 6.45) is 9.87. The smallest absolute Gasteiger partial charge is 0.277 e. The molecule has 0 bridgehead atoms. The van der Waals surface area contributed by atoms with Gasteiger partial charge in [0.1, 0.15) is 17.6 Å². The summed E-state index contributed by atoms with van der Waals surface area (Å²) in [7, 11) is 0. The van der Waals surface area contributed by atoms with E-state index >= 15 is 0 Å². The quantitative estimate of drug-likeness (QED) is 0.666. The van der Waals surface area contributed by atoms with Crippen LogP contribution in [0.1, 0.15) is 45.4 Å². The number of unbranched alkanes of at least 4 members (excludes halogenated alkanes) is 1. The van der Waals surface area contributed by atoms with E-state index in [0.29, 0.717) is 17.6 Å². The second-order valence-corrected chi connectivity index (χ2v) is 7.88. The van der Waals surface area contributed by atoms with E-state index < -0.39 is 0 Å². The largest absolute Gasteiger partial charge is 0.352 e. The van der Waals surface area contributed by atoms with Crippen LogP contribution >= 0.6 is 0 Å². The van der Waals surface area contributed by atoms with Crippen LogP contribution in [0.2, 0.25) is 0 Å². The molecule has 0 unspecified atom stereocenters. The van der Waals surface area contributed by atoms with Gasteiger partial charge in [-0.25, -0.2) is 4.98 Å². The SMILES string of the molecule is CCCCn1cnc2c(-c3ccccc3)cn(CC(=O)NC3CCCC3)c2c1=O. The first-order valence-electron chi connectivity index (χ1n) is 10.6. The number of nitrogens with zero attached hydrogens (tertiary/aromatic N) is 3. The summed E-state index contributed by atoms with van der Waals surface area (Å²) in [6, 6.07) is 10.2. The molecule has 1 amide bonds. The third kappa shape index (κ3) is 4.11. The molecule has 6 heteroatoms. The van der Waals surface area contributed by atoms with Crippen molar-refractivity contribution in [2.24, 2.45) is 0 Å². The summed E-state index contributed by atoms with van der Waals surface area (Å²) in [6.45, 7) is 2.87. The third-order valence-electron chi connectivity index (χ3n) is 5.71. The second-order valence-electron chi connectivity index (χ2n) is 7.88. The van der Waals surface area contributed by atoms with E-state index in [1.54, 1.807) is 15.5 Å². The van der Waals surface area contributed by atoms with E-state index in [0.717, 1.165) is 36.8 Å². The maximum Gasteiger partial charge on any atom is 0.277 e. The zero-order chi connectivity index (χ0) is 20.2. The number of hydrogen-bond acceptors (Lipinski definition) is 3. The molecule has 1 aliphatic carbocycles. The molecule has 1 N–H and O–H groups in total. The molecular formula is C23H28N4O2. The summed E-state index contributed by atoms with van der Waals surface area (Å²) >= 11 is 0. The van der Waals surface area contributed by atoms with Crippen molar-refractivity contribution in [1.82, 2.24) is 19.4 Å².